The van der Waals surface area contributed by atoms with Gasteiger partial charge in [-0.2, -0.15) is 0 Å². The fourth-order valence-electron chi connectivity index (χ4n) is 11.1. The molecule has 0 N–H and O–H groups in total. The van der Waals surface area contributed by atoms with Crippen LogP contribution >= 0.6 is 0 Å². The molecule has 0 fully saturated rings. The summed E-state index contributed by atoms with van der Waals surface area (Å²) in [6.07, 6.45) is 4.69. The highest BCUT2D eigenvalue weighted by molar-refractivity contribution is 6.01. The summed E-state index contributed by atoms with van der Waals surface area (Å²) in [5.74, 6) is 0. The Kier molecular flexibility index (Phi) is 8.32. The van der Waals surface area contributed by atoms with Crippen molar-refractivity contribution in [1.82, 2.24) is 0 Å². The Morgan fingerprint density at radius 1 is 0.377 bits per heavy atom. The molecule has 0 aliphatic heterocycles. The highest BCUT2D eigenvalue weighted by Gasteiger charge is 2.52. The van der Waals surface area contributed by atoms with Crippen LogP contribution in [0.2, 0.25) is 0 Å². The number of benzene rings is 9. The molecule has 1 nitrogen and oxygen atoms in total. The van der Waals surface area contributed by atoms with E-state index < -0.39 is 5.41 Å². The van der Waals surface area contributed by atoms with E-state index >= 15 is 0 Å². The van der Waals surface area contributed by atoms with Crippen LogP contribution in [0.25, 0.3) is 55.6 Å². The predicted molar refractivity (Wildman–Crippen MR) is 255 cm³/mol. The standard InChI is InChI=1S/C60H45N/c1-40-28-29-45-20-8-9-21-48(45)59(40)53-38-52-51-24-12-15-27-56(51)60(54-25-13-10-22-49(54)50-23-11-14-26-55(50)60)57(52)39-58(53)61(46-34-30-43(31-35-46)41-16-4-2-5-17-41)47-36-32-44(33-37-47)42-18-6-3-7-19-42/h2-7,10-19,22-39H,8-9,20-21H2,1H3. The van der Waals surface area contributed by atoms with Crippen molar-refractivity contribution in [3.63, 3.8) is 0 Å². The monoisotopic (exact) mass is 779 g/mol. The van der Waals surface area contributed by atoms with Gasteiger partial charge in [-0.15, -0.1) is 0 Å². The zero-order valence-electron chi connectivity index (χ0n) is 34.4. The fraction of sp³-hybridized carbons (Fsp3) is 0.100. The van der Waals surface area contributed by atoms with E-state index in [0.29, 0.717) is 0 Å². The average molecular weight is 780 g/mol. The van der Waals surface area contributed by atoms with Gasteiger partial charge in [0.15, 0.2) is 0 Å². The van der Waals surface area contributed by atoms with E-state index in [0.717, 1.165) is 24.2 Å². The Labute approximate surface area is 359 Å². The smallest absolute Gasteiger partial charge is 0.0726 e. The maximum Gasteiger partial charge on any atom is 0.0726 e. The molecule has 1 heteroatoms. The van der Waals surface area contributed by atoms with Crippen molar-refractivity contribution < 1.29 is 0 Å². The molecule has 1 spiro atoms. The van der Waals surface area contributed by atoms with Crippen LogP contribution in [0, 0.1) is 6.92 Å². The quantitative estimate of drug-likeness (QED) is 0.162. The number of fused-ring (bicyclic) bond motifs is 11. The van der Waals surface area contributed by atoms with Gasteiger partial charge in [-0.3, -0.25) is 0 Å². The van der Waals surface area contributed by atoms with Crippen molar-refractivity contribution in [1.29, 1.82) is 0 Å². The van der Waals surface area contributed by atoms with Gasteiger partial charge in [-0.05, 0) is 158 Å². The molecular formula is C60H45N. The van der Waals surface area contributed by atoms with E-state index in [1.165, 1.54) is 113 Å². The van der Waals surface area contributed by atoms with E-state index in [1.54, 1.807) is 0 Å². The normalized spacial score (nSPS) is 13.9. The van der Waals surface area contributed by atoms with Gasteiger partial charge < -0.3 is 4.90 Å². The predicted octanol–water partition coefficient (Wildman–Crippen LogP) is 15.7. The molecular weight excluding hydrogens is 735 g/mol. The Bertz CT molecular complexity index is 2990. The van der Waals surface area contributed by atoms with E-state index in [2.05, 4.69) is 218 Å². The van der Waals surface area contributed by atoms with Gasteiger partial charge in [0.05, 0.1) is 11.1 Å². The van der Waals surface area contributed by atoms with Crippen LogP contribution < -0.4 is 4.90 Å². The summed E-state index contributed by atoms with van der Waals surface area (Å²) in [5, 5.41) is 0. The van der Waals surface area contributed by atoms with Crippen molar-refractivity contribution >= 4 is 17.1 Å². The molecule has 0 unspecified atom stereocenters. The van der Waals surface area contributed by atoms with Gasteiger partial charge in [0.2, 0.25) is 0 Å². The van der Waals surface area contributed by atoms with Gasteiger partial charge in [-0.1, -0.05) is 170 Å². The lowest BCUT2D eigenvalue weighted by atomic mass is 9.70. The summed E-state index contributed by atoms with van der Waals surface area (Å²) in [4.78, 5) is 2.55. The minimum absolute atomic E-state index is 0.461. The zero-order chi connectivity index (χ0) is 40.5. The third kappa shape index (κ3) is 5.47. The van der Waals surface area contributed by atoms with Gasteiger partial charge in [0.1, 0.15) is 0 Å². The van der Waals surface area contributed by atoms with Crippen molar-refractivity contribution in [2.24, 2.45) is 0 Å². The molecule has 9 aromatic rings. The molecule has 0 atom stereocenters. The molecule has 0 saturated heterocycles. The Morgan fingerprint density at radius 2 is 0.836 bits per heavy atom. The molecule has 0 saturated carbocycles. The third-order valence-corrected chi connectivity index (χ3v) is 13.8. The lowest BCUT2D eigenvalue weighted by Gasteiger charge is -2.34. The first kappa shape index (κ1) is 35.7. The largest absolute Gasteiger partial charge is 0.310 e. The lowest BCUT2D eigenvalue weighted by molar-refractivity contribution is 0.686. The number of rotatable bonds is 6. The summed E-state index contributed by atoms with van der Waals surface area (Å²) < 4.78 is 0. The number of nitrogens with zero attached hydrogens (tertiary/aromatic N) is 1. The third-order valence-electron chi connectivity index (χ3n) is 13.8. The zero-order valence-corrected chi connectivity index (χ0v) is 34.4. The molecule has 0 heterocycles. The van der Waals surface area contributed by atoms with Crippen molar-refractivity contribution in [2.45, 2.75) is 38.0 Å². The van der Waals surface area contributed by atoms with Crippen LogP contribution in [0.15, 0.2) is 206 Å². The van der Waals surface area contributed by atoms with Crippen LogP contribution in [-0.4, -0.2) is 0 Å². The summed E-state index contributed by atoms with van der Waals surface area (Å²) in [6.45, 7) is 2.33. The molecule has 12 rings (SSSR count). The topological polar surface area (TPSA) is 3.24 Å². The number of hydrogen-bond acceptors (Lipinski definition) is 1. The maximum absolute atomic E-state index is 2.60. The second-order valence-electron chi connectivity index (χ2n) is 17.1. The van der Waals surface area contributed by atoms with Gasteiger partial charge in [0, 0.05) is 16.9 Å². The van der Waals surface area contributed by atoms with Crippen LogP contribution in [0.5, 0.6) is 0 Å². The van der Waals surface area contributed by atoms with E-state index in [1.807, 2.05) is 0 Å². The number of hydrogen-bond donors (Lipinski definition) is 0. The second-order valence-corrected chi connectivity index (χ2v) is 17.1. The van der Waals surface area contributed by atoms with Crippen molar-refractivity contribution in [3.8, 4) is 55.6 Å². The average Bonchev–Trinajstić information content (AvgIpc) is 3.79. The molecule has 0 bridgehead atoms. The molecule has 9 aromatic carbocycles. The molecule has 3 aliphatic rings. The Balaban J connectivity index is 1.18. The summed E-state index contributed by atoms with van der Waals surface area (Å²) in [7, 11) is 0. The first-order valence-electron chi connectivity index (χ1n) is 21.9. The van der Waals surface area contributed by atoms with E-state index in [-0.39, 0.29) is 0 Å². The van der Waals surface area contributed by atoms with Crippen LogP contribution in [0.4, 0.5) is 17.1 Å². The van der Waals surface area contributed by atoms with Crippen molar-refractivity contribution in [3.05, 3.63) is 245 Å². The molecule has 61 heavy (non-hydrogen) atoms. The Morgan fingerprint density at radius 3 is 1.38 bits per heavy atom. The van der Waals surface area contributed by atoms with E-state index in [9.17, 15) is 0 Å². The SMILES string of the molecule is Cc1ccc2c(c1-c1cc3c(cc1N(c1ccc(-c4ccccc4)cc1)c1ccc(-c4ccccc4)cc1)C1(c4ccccc4-c4ccccc41)c1ccccc1-3)CCCC2. The minimum Gasteiger partial charge on any atom is -0.310 e. The molecule has 0 amide bonds. The molecule has 3 aliphatic carbocycles. The van der Waals surface area contributed by atoms with Crippen molar-refractivity contribution in [2.75, 3.05) is 4.90 Å². The molecule has 0 aromatic heterocycles. The first-order valence-corrected chi connectivity index (χ1v) is 21.9. The summed E-state index contributed by atoms with van der Waals surface area (Å²) in [5.41, 5.74) is 25.6. The van der Waals surface area contributed by atoms with E-state index in [4.69, 9.17) is 0 Å². The summed E-state index contributed by atoms with van der Waals surface area (Å²) in [6, 6.07) is 77.4. The minimum atomic E-state index is -0.461. The highest BCUT2D eigenvalue weighted by Crippen LogP contribution is 2.64. The van der Waals surface area contributed by atoms with Crippen LogP contribution in [0.3, 0.4) is 0 Å². The maximum atomic E-state index is 2.60. The lowest BCUT2D eigenvalue weighted by Crippen LogP contribution is -2.26. The second kappa shape index (κ2) is 14.2. The van der Waals surface area contributed by atoms with Gasteiger partial charge >= 0.3 is 0 Å². The first-order chi connectivity index (χ1) is 30.2. The number of aryl methyl sites for hydroxylation is 2. The highest BCUT2D eigenvalue weighted by atomic mass is 15.1. The van der Waals surface area contributed by atoms with Crippen LogP contribution in [-0.2, 0) is 18.3 Å². The molecule has 290 valence electrons. The number of anilines is 3. The van der Waals surface area contributed by atoms with Gasteiger partial charge in [-0.25, -0.2) is 0 Å². The molecule has 0 radical (unpaired) electrons. The van der Waals surface area contributed by atoms with Crippen LogP contribution in [0.1, 0.15) is 51.8 Å². The summed E-state index contributed by atoms with van der Waals surface area (Å²) >= 11 is 0. The van der Waals surface area contributed by atoms with Gasteiger partial charge in [0.25, 0.3) is 0 Å². The fourth-order valence-corrected chi connectivity index (χ4v) is 11.1. The Hall–Kier alpha value is -7.22.